The molecule has 0 fully saturated rings. The Kier molecular flexibility index (Phi) is 2.85. The predicted molar refractivity (Wildman–Crippen MR) is 48.5 cm³/mol. The molecule has 0 aromatic carbocycles. The van der Waals surface area contributed by atoms with Gasteiger partial charge in [0.15, 0.2) is 0 Å². The predicted octanol–water partition coefficient (Wildman–Crippen LogP) is 1.13. The van der Waals surface area contributed by atoms with Crippen molar-refractivity contribution >= 4 is 17.6 Å². The molecule has 0 saturated heterocycles. The number of halogens is 1. The van der Waals surface area contributed by atoms with E-state index >= 15 is 0 Å². The van der Waals surface area contributed by atoms with Crippen LogP contribution in [0.5, 0.6) is 0 Å². The lowest BCUT2D eigenvalue weighted by Crippen LogP contribution is -2.21. The summed E-state index contributed by atoms with van der Waals surface area (Å²) in [5.41, 5.74) is 6.62. The molecular weight excluding hydrogens is 192 g/mol. The zero-order chi connectivity index (χ0) is 10.0. The molecule has 1 aromatic heterocycles. The molecule has 5 heteroatoms. The molecule has 1 rings (SSSR count). The van der Waals surface area contributed by atoms with Crippen molar-refractivity contribution in [3.8, 4) is 0 Å². The van der Waals surface area contributed by atoms with E-state index in [0.29, 0.717) is 10.7 Å². The zero-order valence-electron chi connectivity index (χ0n) is 6.99. The lowest BCUT2D eigenvalue weighted by Gasteiger charge is -2.09. The van der Waals surface area contributed by atoms with E-state index in [1.807, 2.05) is 0 Å². The van der Waals surface area contributed by atoms with Crippen LogP contribution in [0.4, 0.5) is 0 Å². The lowest BCUT2D eigenvalue weighted by molar-refractivity contribution is -0.138. The van der Waals surface area contributed by atoms with E-state index in [2.05, 4.69) is 4.98 Å². The van der Waals surface area contributed by atoms with Gasteiger partial charge in [0.05, 0.1) is 0 Å². The molecule has 1 unspecified atom stereocenters. The van der Waals surface area contributed by atoms with Crippen molar-refractivity contribution in [3.05, 3.63) is 28.5 Å². The van der Waals surface area contributed by atoms with Crippen LogP contribution in [0.25, 0.3) is 0 Å². The summed E-state index contributed by atoms with van der Waals surface area (Å²) in [4.78, 5) is 14.3. The van der Waals surface area contributed by atoms with Crippen molar-refractivity contribution in [1.29, 1.82) is 0 Å². The molecule has 0 radical (unpaired) electrons. The number of hydrogen-bond donors (Lipinski definition) is 2. The summed E-state index contributed by atoms with van der Waals surface area (Å²) < 4.78 is 0. The summed E-state index contributed by atoms with van der Waals surface area (Å²) in [5.74, 6) is -1.08. The molecule has 1 aromatic rings. The van der Waals surface area contributed by atoms with Crippen molar-refractivity contribution in [2.24, 2.45) is 5.73 Å². The number of carboxylic acid groups (broad SMARTS) is 1. The molecule has 1 atom stereocenters. The van der Waals surface area contributed by atoms with Crippen LogP contribution in [0.15, 0.2) is 12.3 Å². The van der Waals surface area contributed by atoms with Crippen LogP contribution in [-0.4, -0.2) is 16.1 Å². The Morgan fingerprint density at radius 1 is 1.77 bits per heavy atom. The summed E-state index contributed by atoms with van der Waals surface area (Å²) in [6.07, 6.45) is 1.39. The second kappa shape index (κ2) is 3.72. The van der Waals surface area contributed by atoms with Gasteiger partial charge in [-0.1, -0.05) is 11.6 Å². The Labute approximate surface area is 80.3 Å². The SMILES string of the molecule is Cc1cc(Cl)ncc1C(N)C(=O)O. The Hall–Kier alpha value is -1.13. The monoisotopic (exact) mass is 200 g/mol. The fourth-order valence-corrected chi connectivity index (χ4v) is 1.20. The summed E-state index contributed by atoms with van der Waals surface area (Å²) in [5, 5.41) is 8.98. The fourth-order valence-electron chi connectivity index (χ4n) is 0.991. The normalized spacial score (nSPS) is 12.5. The molecule has 70 valence electrons. The summed E-state index contributed by atoms with van der Waals surface area (Å²) >= 11 is 5.60. The molecule has 3 N–H and O–H groups in total. The molecule has 4 nitrogen and oxygen atoms in total. The van der Waals surface area contributed by atoms with Gasteiger partial charge in [-0.05, 0) is 18.6 Å². The zero-order valence-corrected chi connectivity index (χ0v) is 7.75. The highest BCUT2D eigenvalue weighted by Gasteiger charge is 2.16. The number of aliphatic carboxylic acids is 1. The highest BCUT2D eigenvalue weighted by atomic mass is 35.5. The third kappa shape index (κ3) is 2.17. The van der Waals surface area contributed by atoms with Gasteiger partial charge < -0.3 is 10.8 Å². The van der Waals surface area contributed by atoms with E-state index in [1.54, 1.807) is 13.0 Å². The quantitative estimate of drug-likeness (QED) is 0.702. The largest absolute Gasteiger partial charge is 0.480 e. The van der Waals surface area contributed by atoms with Crippen molar-refractivity contribution in [2.75, 3.05) is 0 Å². The van der Waals surface area contributed by atoms with E-state index in [4.69, 9.17) is 22.4 Å². The van der Waals surface area contributed by atoms with Gasteiger partial charge in [0.2, 0.25) is 0 Å². The molecular formula is C8H9ClN2O2. The number of carbonyl (C=O) groups is 1. The number of nitrogens with two attached hydrogens (primary N) is 1. The third-order valence-electron chi connectivity index (χ3n) is 1.72. The standard InChI is InChI=1S/C8H9ClN2O2/c1-4-2-6(9)11-3-5(4)7(10)8(12)13/h2-3,7H,10H2,1H3,(H,12,13). The van der Waals surface area contributed by atoms with E-state index in [-0.39, 0.29) is 0 Å². The molecule has 0 aliphatic rings. The molecule has 0 amide bonds. The van der Waals surface area contributed by atoms with Crippen molar-refractivity contribution in [2.45, 2.75) is 13.0 Å². The average molecular weight is 201 g/mol. The van der Waals surface area contributed by atoms with Crippen LogP contribution in [0.1, 0.15) is 17.2 Å². The first-order valence-corrected chi connectivity index (χ1v) is 4.00. The van der Waals surface area contributed by atoms with Gasteiger partial charge in [0.1, 0.15) is 11.2 Å². The van der Waals surface area contributed by atoms with Gasteiger partial charge in [-0.15, -0.1) is 0 Å². The number of rotatable bonds is 2. The van der Waals surface area contributed by atoms with Crippen LogP contribution in [0.2, 0.25) is 5.15 Å². The number of pyridine rings is 1. The van der Waals surface area contributed by atoms with Gasteiger partial charge in [0, 0.05) is 11.8 Å². The second-order valence-corrected chi connectivity index (χ2v) is 3.07. The number of hydrogen-bond acceptors (Lipinski definition) is 3. The van der Waals surface area contributed by atoms with Crippen LogP contribution in [0, 0.1) is 6.92 Å². The van der Waals surface area contributed by atoms with E-state index in [9.17, 15) is 4.79 Å². The molecule has 13 heavy (non-hydrogen) atoms. The first kappa shape index (κ1) is 9.95. The van der Waals surface area contributed by atoms with Gasteiger partial charge in [-0.25, -0.2) is 4.98 Å². The average Bonchev–Trinajstić information content (AvgIpc) is 2.03. The Morgan fingerprint density at radius 3 is 2.85 bits per heavy atom. The smallest absolute Gasteiger partial charge is 0.325 e. The number of carboxylic acids is 1. The maximum atomic E-state index is 10.6. The van der Waals surface area contributed by atoms with Gasteiger partial charge in [-0.3, -0.25) is 4.79 Å². The Morgan fingerprint density at radius 2 is 2.38 bits per heavy atom. The minimum atomic E-state index is -1.08. The fraction of sp³-hybridized carbons (Fsp3) is 0.250. The third-order valence-corrected chi connectivity index (χ3v) is 1.93. The summed E-state index contributed by atoms with van der Waals surface area (Å²) in [6, 6.07) is 0.546. The van der Waals surface area contributed by atoms with Crippen LogP contribution < -0.4 is 5.73 Å². The Bertz CT molecular complexity index is 341. The van der Waals surface area contributed by atoms with Crippen molar-refractivity contribution in [1.82, 2.24) is 4.98 Å². The first-order chi connectivity index (χ1) is 6.02. The highest BCUT2D eigenvalue weighted by Crippen LogP contribution is 2.17. The van der Waals surface area contributed by atoms with E-state index < -0.39 is 12.0 Å². The topological polar surface area (TPSA) is 76.2 Å². The lowest BCUT2D eigenvalue weighted by atomic mass is 10.1. The maximum Gasteiger partial charge on any atom is 0.325 e. The van der Waals surface area contributed by atoms with Crippen LogP contribution in [0.3, 0.4) is 0 Å². The molecule has 0 bridgehead atoms. The van der Waals surface area contributed by atoms with Crippen molar-refractivity contribution in [3.63, 3.8) is 0 Å². The maximum absolute atomic E-state index is 10.6. The number of aromatic nitrogens is 1. The summed E-state index contributed by atoms with van der Waals surface area (Å²) in [7, 11) is 0. The molecule has 0 aliphatic heterocycles. The Balaban J connectivity index is 3.08. The minimum absolute atomic E-state index is 0.332. The van der Waals surface area contributed by atoms with Crippen LogP contribution in [-0.2, 0) is 4.79 Å². The second-order valence-electron chi connectivity index (χ2n) is 2.68. The van der Waals surface area contributed by atoms with Gasteiger partial charge in [0.25, 0.3) is 0 Å². The number of aryl methyl sites for hydroxylation is 1. The van der Waals surface area contributed by atoms with Crippen LogP contribution >= 0.6 is 11.6 Å². The van der Waals surface area contributed by atoms with E-state index in [0.717, 1.165) is 5.56 Å². The molecule has 0 spiro atoms. The molecule has 0 saturated carbocycles. The van der Waals surface area contributed by atoms with Crippen molar-refractivity contribution < 1.29 is 9.90 Å². The minimum Gasteiger partial charge on any atom is -0.480 e. The highest BCUT2D eigenvalue weighted by molar-refractivity contribution is 6.29. The first-order valence-electron chi connectivity index (χ1n) is 3.63. The number of nitrogens with zero attached hydrogens (tertiary/aromatic N) is 1. The summed E-state index contributed by atoms with van der Waals surface area (Å²) in [6.45, 7) is 1.74. The van der Waals surface area contributed by atoms with Gasteiger partial charge in [-0.2, -0.15) is 0 Å². The molecule has 0 aliphatic carbocycles. The van der Waals surface area contributed by atoms with E-state index in [1.165, 1.54) is 6.20 Å². The molecule has 1 heterocycles. The van der Waals surface area contributed by atoms with Gasteiger partial charge >= 0.3 is 5.97 Å².